The number of para-hydroxylation sites is 1. The lowest BCUT2D eigenvalue weighted by atomic mass is 10.1. The van der Waals surface area contributed by atoms with Crippen molar-refractivity contribution in [1.82, 2.24) is 15.5 Å². The topological polar surface area (TPSA) is 90.5 Å². The summed E-state index contributed by atoms with van der Waals surface area (Å²) >= 11 is 1.53. The van der Waals surface area contributed by atoms with Crippen molar-refractivity contribution in [3.05, 3.63) is 65.7 Å². The quantitative estimate of drug-likeness (QED) is 0.578. The fourth-order valence-electron chi connectivity index (χ4n) is 4.13. The fraction of sp³-hybridized carbons (Fsp3) is 0.348. The smallest absolute Gasteiger partial charge is 0.342 e. The summed E-state index contributed by atoms with van der Waals surface area (Å²) in [6.45, 7) is 0.116. The van der Waals surface area contributed by atoms with E-state index in [4.69, 9.17) is 0 Å². The Morgan fingerprint density at radius 2 is 1.79 bits per heavy atom. The molecule has 34 heavy (non-hydrogen) atoms. The summed E-state index contributed by atoms with van der Waals surface area (Å²) < 4.78 is 39.5. The summed E-state index contributed by atoms with van der Waals surface area (Å²) in [6, 6.07) is 11.7. The van der Waals surface area contributed by atoms with E-state index in [0.717, 1.165) is 17.7 Å². The van der Waals surface area contributed by atoms with Crippen LogP contribution in [0.4, 0.5) is 23.7 Å². The van der Waals surface area contributed by atoms with Gasteiger partial charge in [-0.3, -0.25) is 9.59 Å². The van der Waals surface area contributed by atoms with Crippen LogP contribution < -0.4 is 16.0 Å². The first-order chi connectivity index (χ1) is 16.2. The molecule has 4 rings (SSSR count). The van der Waals surface area contributed by atoms with Crippen molar-refractivity contribution >= 4 is 35.3 Å². The van der Waals surface area contributed by atoms with Gasteiger partial charge in [0.15, 0.2) is 0 Å². The summed E-state index contributed by atoms with van der Waals surface area (Å²) in [5, 5.41) is 7.57. The molecule has 2 aliphatic rings. The molecule has 0 unspecified atom stereocenters. The molecule has 0 aromatic heterocycles. The lowest BCUT2D eigenvalue weighted by Gasteiger charge is -2.34. The Morgan fingerprint density at radius 1 is 1.09 bits per heavy atom. The van der Waals surface area contributed by atoms with E-state index in [9.17, 15) is 27.6 Å². The maximum atomic E-state index is 13.2. The van der Waals surface area contributed by atoms with Gasteiger partial charge in [0.2, 0.25) is 11.8 Å². The number of rotatable bonds is 6. The van der Waals surface area contributed by atoms with E-state index in [-0.39, 0.29) is 30.5 Å². The normalized spacial score (nSPS) is 22.2. The molecule has 2 aromatic rings. The van der Waals surface area contributed by atoms with Crippen molar-refractivity contribution in [2.75, 3.05) is 17.6 Å². The molecule has 0 saturated carbocycles. The van der Waals surface area contributed by atoms with Crippen molar-refractivity contribution in [1.29, 1.82) is 0 Å². The SMILES string of the molecule is O=C(Nc1ccccc1C(F)(F)F)N[C@H]1C[C@H]2C(=O)N[C@@H](CSCc3ccccc3)C(=O)N2C1. The van der Waals surface area contributed by atoms with E-state index in [1.807, 2.05) is 30.3 Å². The molecule has 0 aliphatic carbocycles. The van der Waals surface area contributed by atoms with Crippen LogP contribution in [0.3, 0.4) is 0 Å². The fourth-order valence-corrected chi connectivity index (χ4v) is 5.14. The molecule has 180 valence electrons. The average Bonchev–Trinajstić information content (AvgIpc) is 3.22. The number of benzene rings is 2. The average molecular weight is 493 g/mol. The summed E-state index contributed by atoms with van der Waals surface area (Å²) in [7, 11) is 0. The van der Waals surface area contributed by atoms with Crippen LogP contribution >= 0.6 is 11.8 Å². The Labute approximate surface area is 198 Å². The molecule has 11 heteroatoms. The minimum absolute atomic E-state index is 0.116. The lowest BCUT2D eigenvalue weighted by Crippen LogP contribution is -2.61. The van der Waals surface area contributed by atoms with Gasteiger partial charge in [-0.15, -0.1) is 0 Å². The van der Waals surface area contributed by atoms with E-state index in [2.05, 4.69) is 16.0 Å². The van der Waals surface area contributed by atoms with Gasteiger partial charge in [0.1, 0.15) is 12.1 Å². The van der Waals surface area contributed by atoms with Crippen LogP contribution in [0.5, 0.6) is 0 Å². The van der Waals surface area contributed by atoms with Crippen molar-refractivity contribution in [3.63, 3.8) is 0 Å². The number of carbonyl (C=O) groups excluding carboxylic acids is 3. The van der Waals surface area contributed by atoms with Crippen molar-refractivity contribution in [2.45, 2.75) is 36.5 Å². The van der Waals surface area contributed by atoms with E-state index in [1.54, 1.807) is 0 Å². The summed E-state index contributed by atoms with van der Waals surface area (Å²) in [5.74, 6) is 0.595. The zero-order valence-electron chi connectivity index (χ0n) is 18.0. The van der Waals surface area contributed by atoms with Crippen molar-refractivity contribution in [3.8, 4) is 0 Å². The maximum Gasteiger partial charge on any atom is 0.418 e. The number of piperazine rings is 1. The highest BCUT2D eigenvalue weighted by atomic mass is 32.2. The third kappa shape index (κ3) is 5.46. The van der Waals surface area contributed by atoms with Crippen molar-refractivity contribution in [2.24, 2.45) is 0 Å². The Kier molecular flexibility index (Phi) is 7.01. The molecule has 2 aromatic carbocycles. The largest absolute Gasteiger partial charge is 0.418 e. The van der Waals surface area contributed by atoms with Gasteiger partial charge in [0.05, 0.1) is 17.3 Å². The highest BCUT2D eigenvalue weighted by Crippen LogP contribution is 2.34. The van der Waals surface area contributed by atoms with Crippen LogP contribution in [0.1, 0.15) is 17.5 Å². The molecule has 2 heterocycles. The number of nitrogens with zero attached hydrogens (tertiary/aromatic N) is 1. The van der Waals surface area contributed by atoms with E-state index in [1.165, 1.54) is 28.8 Å². The molecule has 2 fully saturated rings. The second-order valence-corrected chi connectivity index (χ2v) is 9.17. The summed E-state index contributed by atoms with van der Waals surface area (Å²) in [4.78, 5) is 39.3. The number of anilines is 1. The summed E-state index contributed by atoms with van der Waals surface area (Å²) in [5.41, 5.74) is -0.213. The van der Waals surface area contributed by atoms with Gasteiger partial charge in [0.25, 0.3) is 0 Å². The third-order valence-electron chi connectivity index (χ3n) is 5.71. The number of hydrogen-bond acceptors (Lipinski definition) is 4. The molecule has 3 atom stereocenters. The first-order valence-corrected chi connectivity index (χ1v) is 11.8. The monoisotopic (exact) mass is 492 g/mol. The van der Waals surface area contributed by atoms with Gasteiger partial charge in [0, 0.05) is 18.1 Å². The van der Waals surface area contributed by atoms with Gasteiger partial charge in [-0.1, -0.05) is 42.5 Å². The van der Waals surface area contributed by atoms with Crippen LogP contribution in [0.2, 0.25) is 0 Å². The van der Waals surface area contributed by atoms with Crippen LogP contribution in [-0.4, -0.2) is 53.2 Å². The predicted octanol–water partition coefficient (Wildman–Crippen LogP) is 3.23. The van der Waals surface area contributed by atoms with Gasteiger partial charge < -0.3 is 20.9 Å². The molecule has 0 spiro atoms. The van der Waals surface area contributed by atoms with Crippen LogP contribution in [0.15, 0.2) is 54.6 Å². The molecular formula is C23H23F3N4O3S. The van der Waals surface area contributed by atoms with Crippen LogP contribution in [0, 0.1) is 0 Å². The van der Waals surface area contributed by atoms with E-state index in [0.29, 0.717) is 11.5 Å². The standard InChI is InChI=1S/C23H23F3N4O3S/c24-23(25,26)16-8-4-5-9-17(16)29-22(33)27-15-10-19-20(31)28-18(21(32)30(19)11-15)13-34-12-14-6-2-1-3-7-14/h1-9,15,18-19H,10-13H2,(H,28,31)(H2,27,29,33)/t15-,18-,19-/m0/s1. The minimum Gasteiger partial charge on any atom is -0.342 e. The maximum absolute atomic E-state index is 13.2. The predicted molar refractivity (Wildman–Crippen MR) is 122 cm³/mol. The number of amides is 4. The van der Waals surface area contributed by atoms with E-state index < -0.39 is 35.9 Å². The molecule has 7 nitrogen and oxygen atoms in total. The van der Waals surface area contributed by atoms with Gasteiger partial charge in [-0.05, 0) is 24.1 Å². The Balaban J connectivity index is 1.32. The number of halogens is 3. The molecule has 2 aliphatic heterocycles. The van der Waals surface area contributed by atoms with Gasteiger partial charge in [-0.25, -0.2) is 4.79 Å². The number of thioether (sulfide) groups is 1. The highest BCUT2D eigenvalue weighted by molar-refractivity contribution is 7.98. The molecule has 2 saturated heterocycles. The second-order valence-electron chi connectivity index (χ2n) is 8.14. The van der Waals surface area contributed by atoms with Gasteiger partial charge >= 0.3 is 12.2 Å². The third-order valence-corrected chi connectivity index (χ3v) is 6.82. The minimum atomic E-state index is -4.62. The van der Waals surface area contributed by atoms with E-state index >= 15 is 0 Å². The molecule has 3 N–H and O–H groups in total. The lowest BCUT2D eigenvalue weighted by molar-refractivity contribution is -0.146. The number of alkyl halides is 3. The molecule has 4 amide bonds. The zero-order valence-corrected chi connectivity index (χ0v) is 18.8. The summed E-state index contributed by atoms with van der Waals surface area (Å²) in [6.07, 6.45) is -4.42. The Hall–Kier alpha value is -3.21. The molecular weight excluding hydrogens is 469 g/mol. The molecule has 0 bridgehead atoms. The molecule has 0 radical (unpaired) electrons. The van der Waals surface area contributed by atoms with Gasteiger partial charge in [-0.2, -0.15) is 24.9 Å². The number of urea groups is 1. The zero-order chi connectivity index (χ0) is 24.3. The number of hydrogen-bond donors (Lipinski definition) is 3. The van der Waals surface area contributed by atoms with Crippen molar-refractivity contribution < 1.29 is 27.6 Å². The second kappa shape index (κ2) is 9.96. The number of fused-ring (bicyclic) bond motifs is 1. The van der Waals surface area contributed by atoms with Crippen LogP contribution in [-0.2, 0) is 21.5 Å². The number of nitrogens with one attached hydrogen (secondary N) is 3. The first-order valence-electron chi connectivity index (χ1n) is 10.7. The Morgan fingerprint density at radius 3 is 2.53 bits per heavy atom. The first kappa shape index (κ1) is 23.9. The van der Waals surface area contributed by atoms with Crippen LogP contribution in [0.25, 0.3) is 0 Å². The highest BCUT2D eigenvalue weighted by Gasteiger charge is 2.46. The number of carbonyl (C=O) groups is 3. The Bertz CT molecular complexity index is 1070.